The number of aromatic carboxylic acids is 1. The first-order chi connectivity index (χ1) is 9.75. The van der Waals surface area contributed by atoms with Gasteiger partial charge in [-0.25, -0.2) is 4.79 Å². The monoisotopic (exact) mass is 274 g/mol. The fraction of sp³-hybridized carbons (Fsp3) is 0.562. The van der Waals surface area contributed by atoms with Crippen molar-refractivity contribution in [2.24, 2.45) is 0 Å². The highest BCUT2D eigenvalue weighted by atomic mass is 16.4. The molecule has 20 heavy (non-hydrogen) atoms. The molecular weight excluding hydrogens is 252 g/mol. The van der Waals surface area contributed by atoms with Gasteiger partial charge in [-0.3, -0.25) is 4.90 Å². The van der Waals surface area contributed by atoms with Crippen molar-refractivity contribution in [3.05, 3.63) is 35.4 Å². The van der Waals surface area contributed by atoms with Crippen LogP contribution in [0.15, 0.2) is 24.3 Å². The van der Waals surface area contributed by atoms with Crippen LogP contribution in [0.5, 0.6) is 0 Å². The minimum absolute atomic E-state index is 0.415. The van der Waals surface area contributed by atoms with E-state index in [2.05, 4.69) is 10.2 Å². The van der Waals surface area contributed by atoms with Gasteiger partial charge < -0.3 is 10.4 Å². The topological polar surface area (TPSA) is 52.6 Å². The quantitative estimate of drug-likeness (QED) is 0.883. The number of fused-ring (bicyclic) bond motifs is 1. The van der Waals surface area contributed by atoms with Crippen LogP contribution in [-0.4, -0.2) is 41.1 Å². The Labute approximate surface area is 119 Å². The molecule has 2 aliphatic heterocycles. The summed E-state index contributed by atoms with van der Waals surface area (Å²) in [6.07, 6.45) is 5.11. The van der Waals surface area contributed by atoms with Crippen LogP contribution in [0.2, 0.25) is 0 Å². The number of carbonyl (C=O) groups is 1. The maximum Gasteiger partial charge on any atom is 0.336 e. The predicted octanol–water partition coefficient (Wildman–Crippen LogP) is 2.10. The van der Waals surface area contributed by atoms with Gasteiger partial charge in [-0.2, -0.15) is 0 Å². The molecule has 1 aromatic rings. The van der Waals surface area contributed by atoms with Gasteiger partial charge in [0.1, 0.15) is 0 Å². The largest absolute Gasteiger partial charge is 0.478 e. The first-order valence-corrected chi connectivity index (χ1v) is 7.54. The molecule has 2 aliphatic rings. The summed E-state index contributed by atoms with van der Waals surface area (Å²) in [4.78, 5) is 13.8. The van der Waals surface area contributed by atoms with Gasteiger partial charge in [0.2, 0.25) is 0 Å². The fourth-order valence-corrected chi connectivity index (χ4v) is 3.61. The Balaban J connectivity index is 1.64. The normalized spacial score (nSPS) is 26.4. The van der Waals surface area contributed by atoms with E-state index in [1.807, 2.05) is 12.1 Å². The van der Waals surface area contributed by atoms with Crippen molar-refractivity contribution in [2.75, 3.05) is 13.1 Å². The summed E-state index contributed by atoms with van der Waals surface area (Å²) in [5.74, 6) is -0.840. The highest BCUT2D eigenvalue weighted by molar-refractivity contribution is 5.89. The molecule has 0 bridgehead atoms. The first-order valence-electron chi connectivity index (χ1n) is 7.54. The van der Waals surface area contributed by atoms with Gasteiger partial charge in [-0.15, -0.1) is 0 Å². The zero-order valence-electron chi connectivity index (χ0n) is 11.7. The summed E-state index contributed by atoms with van der Waals surface area (Å²) in [7, 11) is 0. The Morgan fingerprint density at radius 3 is 2.95 bits per heavy atom. The molecule has 0 spiro atoms. The van der Waals surface area contributed by atoms with E-state index in [0.717, 1.165) is 5.56 Å². The maximum atomic E-state index is 11.2. The zero-order valence-corrected chi connectivity index (χ0v) is 11.7. The third kappa shape index (κ3) is 2.72. The molecule has 2 saturated heterocycles. The second-order valence-corrected chi connectivity index (χ2v) is 5.84. The van der Waals surface area contributed by atoms with Gasteiger partial charge in [0.15, 0.2) is 0 Å². The van der Waals surface area contributed by atoms with Crippen molar-refractivity contribution in [3.63, 3.8) is 0 Å². The van der Waals surface area contributed by atoms with Crippen molar-refractivity contribution in [2.45, 2.75) is 44.3 Å². The smallest absolute Gasteiger partial charge is 0.336 e. The molecule has 4 heteroatoms. The number of hydrogen-bond acceptors (Lipinski definition) is 3. The van der Waals surface area contributed by atoms with Crippen LogP contribution in [-0.2, 0) is 6.54 Å². The summed E-state index contributed by atoms with van der Waals surface area (Å²) in [5, 5.41) is 12.8. The van der Waals surface area contributed by atoms with E-state index in [9.17, 15) is 9.90 Å². The third-order valence-corrected chi connectivity index (χ3v) is 4.66. The van der Waals surface area contributed by atoms with Gasteiger partial charge in [0, 0.05) is 25.2 Å². The third-order valence-electron chi connectivity index (χ3n) is 4.66. The number of rotatable bonds is 4. The summed E-state index contributed by atoms with van der Waals surface area (Å²) in [6.45, 7) is 3.06. The predicted molar refractivity (Wildman–Crippen MR) is 77.9 cm³/mol. The number of piperidine rings is 1. The Kier molecular flexibility index (Phi) is 4.03. The molecule has 1 aromatic carbocycles. The molecule has 2 N–H and O–H groups in total. The number of hydrogen-bond donors (Lipinski definition) is 2. The Hall–Kier alpha value is -1.39. The van der Waals surface area contributed by atoms with Gasteiger partial charge in [0.25, 0.3) is 0 Å². The van der Waals surface area contributed by atoms with Crippen LogP contribution in [0.1, 0.15) is 41.6 Å². The molecule has 0 aromatic heterocycles. The van der Waals surface area contributed by atoms with Crippen LogP contribution < -0.4 is 5.32 Å². The van der Waals surface area contributed by atoms with Crippen molar-refractivity contribution >= 4 is 5.97 Å². The van der Waals surface area contributed by atoms with Gasteiger partial charge in [-0.05, 0) is 37.4 Å². The van der Waals surface area contributed by atoms with E-state index in [-0.39, 0.29) is 0 Å². The Morgan fingerprint density at radius 1 is 1.25 bits per heavy atom. The lowest BCUT2D eigenvalue weighted by Gasteiger charge is -2.32. The summed E-state index contributed by atoms with van der Waals surface area (Å²) < 4.78 is 0. The molecule has 108 valence electrons. The molecule has 0 amide bonds. The molecule has 2 atom stereocenters. The van der Waals surface area contributed by atoms with Crippen LogP contribution in [0.4, 0.5) is 0 Å². The molecule has 3 rings (SSSR count). The van der Waals surface area contributed by atoms with Crippen molar-refractivity contribution < 1.29 is 9.90 Å². The number of nitrogens with zero attached hydrogens (tertiary/aromatic N) is 1. The molecule has 0 radical (unpaired) electrons. The molecule has 0 saturated carbocycles. The van der Waals surface area contributed by atoms with Gasteiger partial charge in [0.05, 0.1) is 5.56 Å². The second-order valence-electron chi connectivity index (χ2n) is 5.84. The number of carboxylic acids is 1. The standard InChI is InChI=1S/C16H22N2O2/c19-16(20)13-6-2-1-5-12(13)11-17-14-8-10-18-9-4-3-7-15(14)18/h1-2,5-6,14-15,17H,3-4,7-11H2,(H,19,20). The highest BCUT2D eigenvalue weighted by Gasteiger charge is 2.34. The van der Waals surface area contributed by atoms with Gasteiger partial charge >= 0.3 is 5.97 Å². The summed E-state index contributed by atoms with van der Waals surface area (Å²) in [6, 6.07) is 8.44. The van der Waals surface area contributed by atoms with E-state index < -0.39 is 5.97 Å². The Bertz CT molecular complexity index is 489. The van der Waals surface area contributed by atoms with Crippen molar-refractivity contribution in [1.29, 1.82) is 0 Å². The first kappa shape index (κ1) is 13.6. The van der Waals surface area contributed by atoms with Gasteiger partial charge in [-0.1, -0.05) is 24.6 Å². The maximum absolute atomic E-state index is 11.2. The van der Waals surface area contributed by atoms with Crippen LogP contribution >= 0.6 is 0 Å². The minimum atomic E-state index is -0.840. The second kappa shape index (κ2) is 5.94. The molecule has 4 nitrogen and oxygen atoms in total. The molecular formula is C16H22N2O2. The molecule has 2 fully saturated rings. The average Bonchev–Trinajstić information content (AvgIpc) is 2.88. The fourth-order valence-electron chi connectivity index (χ4n) is 3.61. The van der Waals surface area contributed by atoms with E-state index >= 15 is 0 Å². The Morgan fingerprint density at radius 2 is 2.10 bits per heavy atom. The lowest BCUT2D eigenvalue weighted by Crippen LogP contribution is -2.44. The van der Waals surface area contributed by atoms with E-state index in [4.69, 9.17) is 0 Å². The van der Waals surface area contributed by atoms with Crippen LogP contribution in [0.3, 0.4) is 0 Å². The summed E-state index contributed by atoms with van der Waals surface area (Å²) >= 11 is 0. The summed E-state index contributed by atoms with van der Waals surface area (Å²) in [5.41, 5.74) is 1.30. The van der Waals surface area contributed by atoms with Crippen LogP contribution in [0, 0.1) is 0 Å². The highest BCUT2D eigenvalue weighted by Crippen LogP contribution is 2.27. The number of benzene rings is 1. The van der Waals surface area contributed by atoms with E-state index in [0.29, 0.717) is 24.2 Å². The van der Waals surface area contributed by atoms with Crippen LogP contribution in [0.25, 0.3) is 0 Å². The molecule has 2 heterocycles. The van der Waals surface area contributed by atoms with Crippen molar-refractivity contribution in [3.8, 4) is 0 Å². The minimum Gasteiger partial charge on any atom is -0.478 e. The molecule has 2 unspecified atom stereocenters. The van der Waals surface area contributed by atoms with E-state index in [1.165, 1.54) is 38.8 Å². The average molecular weight is 274 g/mol. The number of nitrogens with one attached hydrogen (secondary N) is 1. The number of carboxylic acid groups (broad SMARTS) is 1. The molecule has 0 aliphatic carbocycles. The lowest BCUT2D eigenvalue weighted by atomic mass is 9.98. The van der Waals surface area contributed by atoms with Crippen molar-refractivity contribution in [1.82, 2.24) is 10.2 Å². The SMILES string of the molecule is O=C(O)c1ccccc1CNC1CCN2CCCCC12. The lowest BCUT2D eigenvalue weighted by molar-refractivity contribution is 0.0695. The van der Waals surface area contributed by atoms with E-state index in [1.54, 1.807) is 12.1 Å². The zero-order chi connectivity index (χ0) is 13.9.